The van der Waals surface area contributed by atoms with Crippen LogP contribution in [0.4, 0.5) is 5.69 Å². The lowest BCUT2D eigenvalue weighted by atomic mass is 9.95. The van der Waals surface area contributed by atoms with Crippen molar-refractivity contribution in [3.8, 4) is 0 Å². The Balaban J connectivity index is 1.53. The van der Waals surface area contributed by atoms with Crippen LogP contribution in [-0.2, 0) is 4.79 Å². The summed E-state index contributed by atoms with van der Waals surface area (Å²) in [6.45, 7) is 5.47. The third-order valence-corrected chi connectivity index (χ3v) is 5.34. The van der Waals surface area contributed by atoms with Crippen molar-refractivity contribution in [2.24, 2.45) is 5.92 Å². The number of hydrogen-bond acceptors (Lipinski definition) is 2. The molecule has 1 fully saturated rings. The van der Waals surface area contributed by atoms with Crippen LogP contribution in [0.15, 0.2) is 48.5 Å². The van der Waals surface area contributed by atoms with Gasteiger partial charge < -0.3 is 10.2 Å². The minimum atomic E-state index is -0.0657. The van der Waals surface area contributed by atoms with Crippen molar-refractivity contribution >= 4 is 29.1 Å². The summed E-state index contributed by atoms with van der Waals surface area (Å²) in [6.07, 6.45) is 1.35. The molecule has 0 aromatic heterocycles. The van der Waals surface area contributed by atoms with Gasteiger partial charge in [-0.05, 0) is 60.7 Å². The number of nitrogens with zero attached hydrogens (tertiary/aromatic N) is 1. The van der Waals surface area contributed by atoms with Crippen LogP contribution in [0.3, 0.4) is 0 Å². The minimum absolute atomic E-state index is 0.00482. The van der Waals surface area contributed by atoms with Crippen molar-refractivity contribution in [3.05, 3.63) is 64.7 Å². The third-order valence-electron chi connectivity index (χ3n) is 5.09. The highest BCUT2D eigenvalue weighted by atomic mass is 35.5. The number of amides is 2. The number of carbonyl (C=O) groups excluding carboxylic acids is 2. The van der Waals surface area contributed by atoms with Crippen LogP contribution in [0.25, 0.3) is 0 Å². The van der Waals surface area contributed by atoms with Crippen molar-refractivity contribution in [2.75, 3.05) is 18.4 Å². The maximum Gasteiger partial charge on any atom is 0.253 e. The lowest BCUT2D eigenvalue weighted by molar-refractivity contribution is -0.121. The van der Waals surface area contributed by atoms with Gasteiger partial charge >= 0.3 is 0 Å². The van der Waals surface area contributed by atoms with E-state index in [0.717, 1.165) is 5.69 Å². The molecule has 0 unspecified atom stereocenters. The predicted molar refractivity (Wildman–Crippen MR) is 109 cm³/mol. The van der Waals surface area contributed by atoms with Gasteiger partial charge in [0.05, 0.1) is 0 Å². The van der Waals surface area contributed by atoms with Crippen LogP contribution in [0.2, 0.25) is 5.02 Å². The molecule has 142 valence electrons. The molecule has 3 rings (SSSR count). The first kappa shape index (κ1) is 19.4. The van der Waals surface area contributed by atoms with Gasteiger partial charge in [0.2, 0.25) is 5.91 Å². The largest absolute Gasteiger partial charge is 0.339 e. The van der Waals surface area contributed by atoms with Crippen LogP contribution in [0.1, 0.15) is 48.5 Å². The maximum atomic E-state index is 12.5. The molecular weight excluding hydrogens is 360 g/mol. The summed E-state index contributed by atoms with van der Waals surface area (Å²) >= 11 is 5.88. The first-order chi connectivity index (χ1) is 12.9. The second-order valence-electron chi connectivity index (χ2n) is 7.34. The van der Waals surface area contributed by atoms with Crippen molar-refractivity contribution in [3.63, 3.8) is 0 Å². The Morgan fingerprint density at radius 2 is 1.59 bits per heavy atom. The molecule has 27 heavy (non-hydrogen) atoms. The molecule has 0 bridgehead atoms. The highest BCUT2D eigenvalue weighted by Gasteiger charge is 2.27. The summed E-state index contributed by atoms with van der Waals surface area (Å²) in [5, 5.41) is 3.62. The number of benzene rings is 2. The fourth-order valence-electron chi connectivity index (χ4n) is 3.32. The molecule has 1 N–H and O–H groups in total. The molecule has 1 aliphatic rings. The lowest BCUT2D eigenvalue weighted by Gasteiger charge is -2.31. The standard InChI is InChI=1S/C22H25ClN2O2/c1-15(2)16-5-9-20(10-6-16)24-21(26)17-11-13-25(14-12-17)22(27)18-3-7-19(23)8-4-18/h3-10,15,17H,11-14H2,1-2H3,(H,24,26). The summed E-state index contributed by atoms with van der Waals surface area (Å²) < 4.78 is 0. The van der Waals surface area contributed by atoms with Crippen LogP contribution < -0.4 is 5.32 Å². The normalized spacial score (nSPS) is 15.0. The van der Waals surface area contributed by atoms with E-state index in [1.165, 1.54) is 5.56 Å². The smallest absolute Gasteiger partial charge is 0.253 e. The van der Waals surface area contributed by atoms with Gasteiger partial charge in [0.15, 0.2) is 0 Å². The van der Waals surface area contributed by atoms with E-state index in [0.29, 0.717) is 42.4 Å². The van der Waals surface area contributed by atoms with Crippen molar-refractivity contribution in [1.29, 1.82) is 0 Å². The summed E-state index contributed by atoms with van der Waals surface area (Å²) in [6, 6.07) is 14.9. The van der Waals surface area contributed by atoms with Gasteiger partial charge in [-0.25, -0.2) is 0 Å². The molecule has 0 atom stereocenters. The Kier molecular flexibility index (Phi) is 6.17. The molecule has 0 aliphatic carbocycles. The SMILES string of the molecule is CC(C)c1ccc(NC(=O)C2CCN(C(=O)c3ccc(Cl)cc3)CC2)cc1. The molecule has 0 spiro atoms. The summed E-state index contributed by atoms with van der Waals surface area (Å²) in [7, 11) is 0. The minimum Gasteiger partial charge on any atom is -0.339 e. The average molecular weight is 385 g/mol. The Hall–Kier alpha value is -2.33. The molecule has 2 aromatic carbocycles. The van der Waals surface area contributed by atoms with E-state index in [4.69, 9.17) is 11.6 Å². The number of carbonyl (C=O) groups is 2. The zero-order valence-corrected chi connectivity index (χ0v) is 16.5. The van der Waals surface area contributed by atoms with Crippen LogP contribution in [-0.4, -0.2) is 29.8 Å². The molecule has 1 heterocycles. The maximum absolute atomic E-state index is 12.5. The molecule has 2 aromatic rings. The van der Waals surface area contributed by atoms with Gasteiger partial charge in [0.25, 0.3) is 5.91 Å². The molecule has 5 heteroatoms. The molecule has 4 nitrogen and oxygen atoms in total. The summed E-state index contributed by atoms with van der Waals surface area (Å²) in [5.74, 6) is 0.432. The van der Waals surface area contributed by atoms with Crippen LogP contribution in [0, 0.1) is 5.92 Å². The topological polar surface area (TPSA) is 49.4 Å². The van der Waals surface area contributed by atoms with E-state index in [2.05, 4.69) is 19.2 Å². The second kappa shape index (κ2) is 8.57. The molecule has 0 saturated carbocycles. The molecular formula is C22H25ClN2O2. The van der Waals surface area contributed by atoms with E-state index >= 15 is 0 Å². The van der Waals surface area contributed by atoms with Crippen molar-refractivity contribution in [2.45, 2.75) is 32.6 Å². The molecule has 0 radical (unpaired) electrons. The van der Waals surface area contributed by atoms with Crippen molar-refractivity contribution in [1.82, 2.24) is 4.90 Å². The highest BCUT2D eigenvalue weighted by molar-refractivity contribution is 6.30. The first-order valence-electron chi connectivity index (χ1n) is 9.39. The zero-order valence-electron chi connectivity index (χ0n) is 15.7. The van der Waals surface area contributed by atoms with Crippen molar-refractivity contribution < 1.29 is 9.59 Å². The molecule has 1 saturated heterocycles. The van der Waals surface area contributed by atoms with Gasteiger partial charge in [-0.2, -0.15) is 0 Å². The number of likely N-dealkylation sites (tertiary alicyclic amines) is 1. The number of anilines is 1. The van der Waals surface area contributed by atoms with E-state index in [-0.39, 0.29) is 17.7 Å². The Morgan fingerprint density at radius 1 is 1.00 bits per heavy atom. The second-order valence-corrected chi connectivity index (χ2v) is 7.78. The average Bonchev–Trinajstić information content (AvgIpc) is 2.68. The highest BCUT2D eigenvalue weighted by Crippen LogP contribution is 2.22. The van der Waals surface area contributed by atoms with Gasteiger partial charge in [0, 0.05) is 35.3 Å². The van der Waals surface area contributed by atoms with E-state index in [1.54, 1.807) is 24.3 Å². The molecule has 2 amide bonds. The van der Waals surface area contributed by atoms with Gasteiger partial charge in [-0.1, -0.05) is 37.6 Å². The zero-order chi connectivity index (χ0) is 19.4. The van der Waals surface area contributed by atoms with Crippen LogP contribution >= 0.6 is 11.6 Å². The quantitative estimate of drug-likeness (QED) is 0.810. The third kappa shape index (κ3) is 4.89. The van der Waals surface area contributed by atoms with E-state index < -0.39 is 0 Å². The number of halogens is 1. The Bertz CT molecular complexity index is 792. The Morgan fingerprint density at radius 3 is 2.15 bits per heavy atom. The van der Waals surface area contributed by atoms with Gasteiger partial charge in [-0.15, -0.1) is 0 Å². The lowest BCUT2D eigenvalue weighted by Crippen LogP contribution is -2.41. The number of rotatable bonds is 4. The van der Waals surface area contributed by atoms with Gasteiger partial charge in [0.1, 0.15) is 0 Å². The van der Waals surface area contributed by atoms with E-state index in [1.807, 2.05) is 29.2 Å². The predicted octanol–water partition coefficient (Wildman–Crippen LogP) is 4.95. The summed E-state index contributed by atoms with van der Waals surface area (Å²) in [5.41, 5.74) is 2.71. The number of piperidine rings is 1. The fourth-order valence-corrected chi connectivity index (χ4v) is 3.44. The number of nitrogens with one attached hydrogen (secondary N) is 1. The first-order valence-corrected chi connectivity index (χ1v) is 9.77. The Labute approximate surface area is 165 Å². The van der Waals surface area contributed by atoms with Gasteiger partial charge in [-0.3, -0.25) is 9.59 Å². The van der Waals surface area contributed by atoms with E-state index in [9.17, 15) is 9.59 Å². The number of hydrogen-bond donors (Lipinski definition) is 1. The molecule has 1 aliphatic heterocycles. The van der Waals surface area contributed by atoms with Crippen LogP contribution in [0.5, 0.6) is 0 Å². The fraction of sp³-hybridized carbons (Fsp3) is 0.364. The monoisotopic (exact) mass is 384 g/mol. The summed E-state index contributed by atoms with van der Waals surface area (Å²) in [4.78, 5) is 26.9.